The van der Waals surface area contributed by atoms with Crippen molar-refractivity contribution in [3.63, 3.8) is 0 Å². The number of allylic oxidation sites excluding steroid dienone is 1. The maximum Gasteiger partial charge on any atom is 0.0558 e. The van der Waals surface area contributed by atoms with Crippen molar-refractivity contribution in [2.75, 3.05) is 39.4 Å². The first kappa shape index (κ1) is 13.2. The van der Waals surface area contributed by atoms with E-state index in [1.54, 1.807) is 0 Å². The van der Waals surface area contributed by atoms with E-state index >= 15 is 0 Å². The molecule has 6 heteroatoms. The lowest BCUT2D eigenvalue weighted by molar-refractivity contribution is 0.142. The summed E-state index contributed by atoms with van der Waals surface area (Å²) >= 11 is 0. The van der Waals surface area contributed by atoms with E-state index in [1.165, 1.54) is 0 Å². The van der Waals surface area contributed by atoms with Crippen LogP contribution in [0.3, 0.4) is 0 Å². The zero-order chi connectivity index (χ0) is 11.8. The Kier molecular flexibility index (Phi) is 6.17. The largest absolute Gasteiger partial charge is 0.395 e. The first-order chi connectivity index (χ1) is 7.80. The number of nitrogens with one attached hydrogen (secondary N) is 2. The molecule has 0 unspecified atom stereocenters. The number of rotatable bonds is 8. The molecule has 0 saturated heterocycles. The van der Waals surface area contributed by atoms with Crippen molar-refractivity contribution in [2.24, 2.45) is 0 Å². The molecule has 0 aromatic heterocycles. The molecule has 94 valence electrons. The Labute approximate surface area is 96.5 Å². The fourth-order valence-corrected chi connectivity index (χ4v) is 1.56. The molecule has 0 saturated carbocycles. The van der Waals surface area contributed by atoms with Crippen molar-refractivity contribution in [2.45, 2.75) is 13.3 Å². The molecule has 4 N–H and O–H groups in total. The van der Waals surface area contributed by atoms with Crippen molar-refractivity contribution >= 4 is 0 Å². The highest BCUT2D eigenvalue weighted by Gasteiger charge is 2.10. The molecule has 1 aliphatic heterocycles. The van der Waals surface area contributed by atoms with Crippen LogP contribution in [-0.4, -0.2) is 59.5 Å². The molecule has 0 spiro atoms. The van der Waals surface area contributed by atoms with Gasteiger partial charge in [-0.25, -0.2) is 0 Å². The van der Waals surface area contributed by atoms with E-state index in [9.17, 15) is 0 Å². The molecule has 0 aromatic rings. The molecule has 0 bridgehead atoms. The molecule has 1 heterocycles. The average molecular weight is 230 g/mol. The minimum absolute atomic E-state index is 0.127. The predicted octanol–water partition coefficient (Wildman–Crippen LogP) is -1.15. The number of aliphatic hydroxyl groups excluding tert-OH is 2. The van der Waals surface area contributed by atoms with E-state index in [2.05, 4.69) is 17.9 Å². The summed E-state index contributed by atoms with van der Waals surface area (Å²) in [4.78, 5) is 2.03. The fourth-order valence-electron chi connectivity index (χ4n) is 1.56. The third-order valence-corrected chi connectivity index (χ3v) is 2.54. The van der Waals surface area contributed by atoms with Gasteiger partial charge < -0.3 is 15.6 Å². The Bertz CT molecular complexity index is 217. The molecule has 0 fully saturated rings. The Morgan fingerprint density at radius 1 is 1.25 bits per heavy atom. The van der Waals surface area contributed by atoms with Crippen LogP contribution in [0, 0.1) is 0 Å². The average Bonchev–Trinajstić information content (AvgIpc) is 2.74. The number of nitrogens with zero attached hydrogens (tertiary/aromatic N) is 2. The topological polar surface area (TPSA) is 71.0 Å². The molecular formula is C10H22N4O2. The van der Waals surface area contributed by atoms with Gasteiger partial charge in [0.25, 0.3) is 0 Å². The van der Waals surface area contributed by atoms with Gasteiger partial charge in [-0.05, 0) is 6.42 Å². The zero-order valence-corrected chi connectivity index (χ0v) is 9.82. The zero-order valence-electron chi connectivity index (χ0n) is 9.82. The highest BCUT2D eigenvalue weighted by Crippen LogP contribution is 2.02. The maximum absolute atomic E-state index is 8.86. The van der Waals surface area contributed by atoms with Gasteiger partial charge in [0.2, 0.25) is 0 Å². The summed E-state index contributed by atoms with van der Waals surface area (Å²) < 4.78 is 0. The fraction of sp³-hybridized carbons (Fsp3) is 0.800. The van der Waals surface area contributed by atoms with Crippen LogP contribution >= 0.6 is 0 Å². The summed E-state index contributed by atoms with van der Waals surface area (Å²) in [6, 6.07) is 0. The van der Waals surface area contributed by atoms with Crippen molar-refractivity contribution < 1.29 is 10.2 Å². The first-order valence-electron chi connectivity index (χ1n) is 5.73. The second-order valence-electron chi connectivity index (χ2n) is 3.73. The van der Waals surface area contributed by atoms with Crippen molar-refractivity contribution in [3.8, 4) is 0 Å². The predicted molar refractivity (Wildman–Crippen MR) is 62.0 cm³/mol. The van der Waals surface area contributed by atoms with Crippen molar-refractivity contribution in [1.29, 1.82) is 0 Å². The lowest BCUT2D eigenvalue weighted by Crippen LogP contribution is -2.42. The van der Waals surface area contributed by atoms with Crippen LogP contribution in [0.1, 0.15) is 13.3 Å². The van der Waals surface area contributed by atoms with Gasteiger partial charge in [-0.15, -0.1) is 5.53 Å². The standard InChI is InChI=1S/C10H22N4O2/c1-2-10-9-14(12-11-10)4-3-13(5-7-15)6-8-16/h9,11-12,15-16H,2-8H2,1H3. The molecule has 0 radical (unpaired) electrons. The highest BCUT2D eigenvalue weighted by molar-refractivity contribution is 5.00. The van der Waals surface area contributed by atoms with Gasteiger partial charge in [0, 0.05) is 38.1 Å². The highest BCUT2D eigenvalue weighted by atomic mass is 16.3. The molecule has 0 aromatic carbocycles. The van der Waals surface area contributed by atoms with E-state index in [4.69, 9.17) is 10.2 Å². The Morgan fingerprint density at radius 3 is 2.44 bits per heavy atom. The minimum atomic E-state index is 0.127. The smallest absolute Gasteiger partial charge is 0.0558 e. The Balaban J connectivity index is 2.24. The number of aliphatic hydroxyl groups is 2. The normalized spacial score (nSPS) is 15.5. The van der Waals surface area contributed by atoms with Crippen molar-refractivity contribution in [1.82, 2.24) is 20.9 Å². The van der Waals surface area contributed by atoms with Gasteiger partial charge in [-0.2, -0.15) is 0 Å². The van der Waals surface area contributed by atoms with Crippen molar-refractivity contribution in [3.05, 3.63) is 11.9 Å². The van der Waals surface area contributed by atoms with E-state index in [-0.39, 0.29) is 13.2 Å². The molecule has 0 atom stereocenters. The maximum atomic E-state index is 8.86. The van der Waals surface area contributed by atoms with E-state index in [0.717, 1.165) is 25.2 Å². The van der Waals surface area contributed by atoms with Gasteiger partial charge in [0.1, 0.15) is 0 Å². The third kappa shape index (κ3) is 4.36. The summed E-state index contributed by atoms with van der Waals surface area (Å²) in [7, 11) is 0. The van der Waals surface area contributed by atoms with Crippen LogP contribution in [0.2, 0.25) is 0 Å². The lowest BCUT2D eigenvalue weighted by Gasteiger charge is -2.23. The lowest BCUT2D eigenvalue weighted by atomic mass is 10.4. The molecule has 0 amide bonds. The summed E-state index contributed by atoms with van der Waals surface area (Å²) in [5, 5.41) is 19.7. The van der Waals surface area contributed by atoms with Crippen LogP contribution < -0.4 is 11.0 Å². The van der Waals surface area contributed by atoms with Gasteiger partial charge in [-0.1, -0.05) is 6.92 Å². The quantitative estimate of drug-likeness (QED) is 0.422. The van der Waals surface area contributed by atoms with Gasteiger partial charge in [-0.3, -0.25) is 9.91 Å². The molecule has 1 aliphatic rings. The second kappa shape index (κ2) is 7.45. The van der Waals surface area contributed by atoms with E-state index in [0.29, 0.717) is 13.1 Å². The SMILES string of the molecule is CCC1=CN(CCN(CCO)CCO)NN1. The van der Waals surface area contributed by atoms with Crippen LogP contribution in [0.25, 0.3) is 0 Å². The summed E-state index contributed by atoms with van der Waals surface area (Å²) in [6.45, 7) is 5.18. The van der Waals surface area contributed by atoms with E-state index < -0.39 is 0 Å². The number of hydrogen-bond acceptors (Lipinski definition) is 6. The molecular weight excluding hydrogens is 208 g/mol. The number of hydrogen-bond donors (Lipinski definition) is 4. The summed E-state index contributed by atoms with van der Waals surface area (Å²) in [6.07, 6.45) is 3.01. The van der Waals surface area contributed by atoms with Gasteiger partial charge in [0.05, 0.1) is 13.2 Å². The molecule has 0 aliphatic carbocycles. The summed E-state index contributed by atoms with van der Waals surface area (Å²) in [5.41, 5.74) is 7.26. The van der Waals surface area contributed by atoms with Crippen LogP contribution in [0.5, 0.6) is 0 Å². The third-order valence-electron chi connectivity index (χ3n) is 2.54. The Hall–Kier alpha value is -0.820. The summed E-state index contributed by atoms with van der Waals surface area (Å²) in [5.74, 6) is 0. The monoisotopic (exact) mass is 230 g/mol. The van der Waals surface area contributed by atoms with Gasteiger partial charge in [0.15, 0.2) is 0 Å². The minimum Gasteiger partial charge on any atom is -0.395 e. The number of hydrazine groups is 2. The van der Waals surface area contributed by atoms with Crippen LogP contribution in [0.4, 0.5) is 0 Å². The second-order valence-corrected chi connectivity index (χ2v) is 3.73. The van der Waals surface area contributed by atoms with Gasteiger partial charge >= 0.3 is 0 Å². The van der Waals surface area contributed by atoms with Crippen LogP contribution in [-0.2, 0) is 0 Å². The molecule has 16 heavy (non-hydrogen) atoms. The Morgan fingerprint density at radius 2 is 1.94 bits per heavy atom. The first-order valence-corrected chi connectivity index (χ1v) is 5.73. The molecule has 6 nitrogen and oxygen atoms in total. The van der Waals surface area contributed by atoms with E-state index in [1.807, 2.05) is 16.1 Å². The molecule has 1 rings (SSSR count). The van der Waals surface area contributed by atoms with Crippen LogP contribution in [0.15, 0.2) is 11.9 Å².